The number of hydrogen-bond donors (Lipinski definition) is 2. The molecule has 0 aliphatic heterocycles. The number of fused-ring (bicyclic) bond motifs is 1. The summed E-state index contributed by atoms with van der Waals surface area (Å²) in [5.41, 5.74) is 2.67. The molecule has 5 heteroatoms. The van der Waals surface area contributed by atoms with E-state index in [0.717, 1.165) is 16.5 Å². The molecule has 0 radical (unpaired) electrons. The Balaban J connectivity index is 1.95. The fourth-order valence-electron chi connectivity index (χ4n) is 3.44. The van der Waals surface area contributed by atoms with Crippen molar-refractivity contribution in [1.82, 2.24) is 15.2 Å². The Bertz CT molecular complexity index is 960. The highest BCUT2D eigenvalue weighted by atomic mass is 16.2. The summed E-state index contributed by atoms with van der Waals surface area (Å²) in [5.74, 6) is -0.119. The van der Waals surface area contributed by atoms with Gasteiger partial charge < -0.3 is 15.2 Å². The van der Waals surface area contributed by atoms with Crippen LogP contribution >= 0.6 is 0 Å². The van der Waals surface area contributed by atoms with Crippen LogP contribution in [0.4, 0.5) is 0 Å². The molecule has 1 atom stereocenters. The largest absolute Gasteiger partial charge is 0.357 e. The lowest BCUT2D eigenvalue weighted by Crippen LogP contribution is -2.46. The van der Waals surface area contributed by atoms with Gasteiger partial charge >= 0.3 is 0 Å². The van der Waals surface area contributed by atoms with Gasteiger partial charge in [0.05, 0.1) is 0 Å². The summed E-state index contributed by atoms with van der Waals surface area (Å²) in [5, 5.41) is 6.58. The van der Waals surface area contributed by atoms with E-state index < -0.39 is 6.04 Å². The normalized spacial score (nSPS) is 12.1. The first-order valence-electron chi connectivity index (χ1n) is 9.64. The van der Waals surface area contributed by atoms with E-state index in [1.54, 1.807) is 7.05 Å². The third-order valence-electron chi connectivity index (χ3n) is 4.80. The predicted molar refractivity (Wildman–Crippen MR) is 112 cm³/mol. The van der Waals surface area contributed by atoms with Crippen LogP contribution in [0, 0.1) is 5.92 Å². The second-order valence-electron chi connectivity index (χ2n) is 7.43. The lowest BCUT2D eigenvalue weighted by atomic mass is 10.0. The first-order valence-corrected chi connectivity index (χ1v) is 9.64. The summed E-state index contributed by atoms with van der Waals surface area (Å²) in [4.78, 5) is 25.4. The number of nitrogens with zero attached hydrogens (tertiary/aromatic N) is 1. The maximum atomic E-state index is 13.1. The van der Waals surface area contributed by atoms with Crippen molar-refractivity contribution in [1.29, 1.82) is 0 Å². The smallest absolute Gasteiger partial charge is 0.268 e. The van der Waals surface area contributed by atoms with Gasteiger partial charge in [-0.15, -0.1) is 0 Å². The monoisotopic (exact) mass is 377 g/mol. The number of nitrogens with one attached hydrogen (secondary N) is 2. The van der Waals surface area contributed by atoms with Crippen molar-refractivity contribution in [3.05, 3.63) is 71.9 Å². The lowest BCUT2D eigenvalue weighted by molar-refractivity contribution is -0.122. The molecular formula is C23H27N3O2. The summed E-state index contributed by atoms with van der Waals surface area (Å²) < 4.78 is 2.01. The van der Waals surface area contributed by atoms with Crippen LogP contribution in [0.25, 0.3) is 10.9 Å². The van der Waals surface area contributed by atoms with E-state index in [0.29, 0.717) is 18.7 Å². The highest BCUT2D eigenvalue weighted by Gasteiger charge is 2.24. The molecule has 0 fully saturated rings. The Morgan fingerprint density at radius 1 is 1.00 bits per heavy atom. The highest BCUT2D eigenvalue weighted by Crippen LogP contribution is 2.22. The molecule has 2 amide bonds. The number of benzene rings is 2. The zero-order valence-corrected chi connectivity index (χ0v) is 16.6. The van der Waals surface area contributed by atoms with Gasteiger partial charge in [0.25, 0.3) is 5.91 Å². The van der Waals surface area contributed by atoms with Crippen molar-refractivity contribution >= 4 is 22.7 Å². The number of hydrogen-bond acceptors (Lipinski definition) is 2. The fraction of sp³-hybridized carbons (Fsp3) is 0.304. The zero-order valence-electron chi connectivity index (χ0n) is 16.6. The van der Waals surface area contributed by atoms with Crippen LogP contribution in [0.2, 0.25) is 0 Å². The van der Waals surface area contributed by atoms with E-state index >= 15 is 0 Å². The van der Waals surface area contributed by atoms with Crippen LogP contribution in [-0.2, 0) is 11.3 Å². The number of carbonyl (C=O) groups excluding carboxylic acids is 2. The summed E-state index contributed by atoms with van der Waals surface area (Å²) in [7, 11) is 1.59. The van der Waals surface area contributed by atoms with Gasteiger partial charge in [0.2, 0.25) is 5.91 Å². The standard InChI is InChI=1S/C23H27N3O2/c1-16(2)13-19(22(27)24-3)25-23(28)21-14-18-11-7-8-12-20(18)26(21)15-17-9-5-4-6-10-17/h4-12,14,16,19H,13,15H2,1-3H3,(H,24,27)(H,25,28). The molecule has 0 aliphatic rings. The van der Waals surface area contributed by atoms with E-state index in [2.05, 4.69) is 10.6 Å². The van der Waals surface area contributed by atoms with Crippen molar-refractivity contribution in [2.24, 2.45) is 5.92 Å². The Morgan fingerprint density at radius 2 is 1.68 bits per heavy atom. The molecule has 1 unspecified atom stereocenters. The third kappa shape index (κ3) is 4.42. The number of rotatable bonds is 7. The minimum absolute atomic E-state index is 0.173. The van der Waals surface area contributed by atoms with Crippen LogP contribution in [0.1, 0.15) is 36.3 Å². The van der Waals surface area contributed by atoms with Gasteiger partial charge in [-0.2, -0.15) is 0 Å². The Kier molecular flexibility index (Phi) is 6.14. The molecule has 0 bridgehead atoms. The molecular weight excluding hydrogens is 350 g/mol. The minimum Gasteiger partial charge on any atom is -0.357 e. The SMILES string of the molecule is CNC(=O)C(CC(C)C)NC(=O)c1cc2ccccc2n1Cc1ccccc1. The number of carbonyl (C=O) groups is 2. The van der Waals surface area contributed by atoms with Gasteiger partial charge in [0.15, 0.2) is 0 Å². The van der Waals surface area contributed by atoms with Crippen molar-refractivity contribution in [3.8, 4) is 0 Å². The molecule has 28 heavy (non-hydrogen) atoms. The first-order chi connectivity index (χ1) is 13.5. The fourth-order valence-corrected chi connectivity index (χ4v) is 3.44. The van der Waals surface area contributed by atoms with E-state index in [1.165, 1.54) is 0 Å². The van der Waals surface area contributed by atoms with Crippen LogP contribution in [0.3, 0.4) is 0 Å². The van der Waals surface area contributed by atoms with Gasteiger partial charge in [0.1, 0.15) is 11.7 Å². The van der Waals surface area contributed by atoms with E-state index in [9.17, 15) is 9.59 Å². The van der Waals surface area contributed by atoms with Crippen molar-refractivity contribution in [3.63, 3.8) is 0 Å². The Labute approximate surface area is 165 Å². The topological polar surface area (TPSA) is 63.1 Å². The van der Waals surface area contributed by atoms with Gasteiger partial charge in [-0.25, -0.2) is 0 Å². The van der Waals surface area contributed by atoms with Crippen LogP contribution in [-0.4, -0.2) is 29.5 Å². The highest BCUT2D eigenvalue weighted by molar-refractivity contribution is 6.00. The maximum absolute atomic E-state index is 13.1. The quantitative estimate of drug-likeness (QED) is 0.661. The van der Waals surface area contributed by atoms with Gasteiger partial charge in [-0.3, -0.25) is 9.59 Å². The molecule has 0 aliphatic carbocycles. The summed E-state index contributed by atoms with van der Waals surface area (Å²) >= 11 is 0. The van der Waals surface area contributed by atoms with E-state index in [4.69, 9.17) is 0 Å². The molecule has 0 saturated carbocycles. The molecule has 2 N–H and O–H groups in total. The first kappa shape index (κ1) is 19.7. The van der Waals surface area contributed by atoms with Crippen LogP contribution < -0.4 is 10.6 Å². The predicted octanol–water partition coefficient (Wildman–Crippen LogP) is 3.58. The third-order valence-corrected chi connectivity index (χ3v) is 4.80. The number of likely N-dealkylation sites (N-methyl/N-ethyl adjacent to an activating group) is 1. The van der Waals surface area contributed by atoms with Crippen LogP contribution in [0.15, 0.2) is 60.7 Å². The second kappa shape index (κ2) is 8.74. The second-order valence-corrected chi connectivity index (χ2v) is 7.43. The van der Waals surface area contributed by atoms with Crippen molar-refractivity contribution < 1.29 is 9.59 Å². The molecule has 0 saturated heterocycles. The van der Waals surface area contributed by atoms with Crippen molar-refractivity contribution in [2.75, 3.05) is 7.05 Å². The molecule has 3 aromatic rings. The minimum atomic E-state index is -0.555. The number of para-hydroxylation sites is 1. The summed E-state index contributed by atoms with van der Waals surface area (Å²) in [6.45, 7) is 4.66. The molecule has 2 aromatic carbocycles. The summed E-state index contributed by atoms with van der Waals surface area (Å²) in [6.07, 6.45) is 0.588. The average Bonchev–Trinajstić information content (AvgIpc) is 3.06. The molecule has 146 valence electrons. The zero-order chi connectivity index (χ0) is 20.1. The molecule has 1 aromatic heterocycles. The molecule has 1 heterocycles. The maximum Gasteiger partial charge on any atom is 0.268 e. The molecule has 5 nitrogen and oxygen atoms in total. The van der Waals surface area contributed by atoms with Gasteiger partial charge in [-0.05, 0) is 30.0 Å². The number of aromatic nitrogens is 1. The van der Waals surface area contributed by atoms with Crippen LogP contribution in [0.5, 0.6) is 0 Å². The van der Waals surface area contributed by atoms with E-state index in [-0.39, 0.29) is 17.7 Å². The Hall–Kier alpha value is -3.08. The average molecular weight is 377 g/mol. The lowest BCUT2D eigenvalue weighted by Gasteiger charge is -2.20. The Morgan fingerprint density at radius 3 is 2.36 bits per heavy atom. The van der Waals surface area contributed by atoms with E-state index in [1.807, 2.05) is 79.1 Å². The molecule has 0 spiro atoms. The molecule has 3 rings (SSSR count). The summed E-state index contributed by atoms with van der Waals surface area (Å²) in [6, 6.07) is 19.3. The van der Waals surface area contributed by atoms with Gasteiger partial charge in [0, 0.05) is 24.5 Å². The number of amides is 2. The van der Waals surface area contributed by atoms with Crippen molar-refractivity contribution in [2.45, 2.75) is 32.9 Å². The van der Waals surface area contributed by atoms with Gasteiger partial charge in [-0.1, -0.05) is 62.4 Å².